The summed E-state index contributed by atoms with van der Waals surface area (Å²) >= 11 is 0. The number of nitrogens with one attached hydrogen (secondary N) is 2. The molecular weight excluding hydrogens is 502 g/mol. The highest BCUT2D eigenvalue weighted by Gasteiger charge is 2.11. The number of amides is 1. The van der Waals surface area contributed by atoms with Gasteiger partial charge in [0.15, 0.2) is 23.3 Å². The van der Waals surface area contributed by atoms with Gasteiger partial charge in [0, 0.05) is 32.2 Å². The lowest BCUT2D eigenvalue weighted by molar-refractivity contribution is 0.0925. The number of rotatable bonds is 10. The number of aliphatic imine (C=N–C) groups is 1. The van der Waals surface area contributed by atoms with Gasteiger partial charge in [-0.2, -0.15) is 0 Å². The zero-order valence-corrected chi connectivity index (χ0v) is 19.9. The van der Waals surface area contributed by atoms with Gasteiger partial charge >= 0.3 is 0 Å². The van der Waals surface area contributed by atoms with E-state index in [1.54, 1.807) is 24.3 Å². The number of hydrogen-bond donors (Lipinski definition) is 2. The standard InChI is InChI=1S/C21H29FN4O3.HI/c1-4-23-21(26(3)13-15-28-18-9-6-5-8-17(18)22)25-12-7-11-24-20(27)19-16(2)10-14-29-19;/h5-6,8-10,14H,4,7,11-13,15H2,1-3H3,(H,23,25)(H,24,27);1H. The number of para-hydroxylation sites is 1. The lowest BCUT2D eigenvalue weighted by Gasteiger charge is -2.22. The number of benzene rings is 1. The minimum absolute atomic E-state index is 0. The highest BCUT2D eigenvalue weighted by atomic mass is 127. The first kappa shape index (κ1) is 25.7. The van der Waals surface area contributed by atoms with Crippen molar-refractivity contribution < 1.29 is 18.3 Å². The van der Waals surface area contributed by atoms with Gasteiger partial charge in [-0.25, -0.2) is 4.39 Å². The number of halogens is 2. The molecular formula is C21H30FIN4O3. The summed E-state index contributed by atoms with van der Waals surface area (Å²) < 4.78 is 24.3. The van der Waals surface area contributed by atoms with E-state index in [2.05, 4.69) is 15.6 Å². The lowest BCUT2D eigenvalue weighted by atomic mass is 10.2. The summed E-state index contributed by atoms with van der Waals surface area (Å²) in [4.78, 5) is 18.5. The van der Waals surface area contributed by atoms with Crippen LogP contribution in [-0.2, 0) is 0 Å². The average Bonchev–Trinajstić information content (AvgIpc) is 3.14. The Morgan fingerprint density at radius 1 is 1.27 bits per heavy atom. The predicted molar refractivity (Wildman–Crippen MR) is 126 cm³/mol. The Bertz CT molecular complexity index is 813. The first-order valence-electron chi connectivity index (χ1n) is 9.72. The van der Waals surface area contributed by atoms with E-state index in [0.717, 1.165) is 18.1 Å². The third-order valence-electron chi connectivity index (χ3n) is 4.17. The molecule has 166 valence electrons. The molecule has 0 bridgehead atoms. The van der Waals surface area contributed by atoms with Crippen molar-refractivity contribution in [3.63, 3.8) is 0 Å². The van der Waals surface area contributed by atoms with Crippen LogP contribution in [0, 0.1) is 12.7 Å². The summed E-state index contributed by atoms with van der Waals surface area (Å²) in [5.74, 6) is 0.730. The van der Waals surface area contributed by atoms with Crippen molar-refractivity contribution in [2.45, 2.75) is 20.3 Å². The third-order valence-corrected chi connectivity index (χ3v) is 4.17. The van der Waals surface area contributed by atoms with Crippen LogP contribution in [0.4, 0.5) is 4.39 Å². The van der Waals surface area contributed by atoms with Crippen LogP contribution in [0.5, 0.6) is 5.75 Å². The quantitative estimate of drug-likeness (QED) is 0.212. The van der Waals surface area contributed by atoms with Crippen molar-refractivity contribution in [3.8, 4) is 5.75 Å². The molecule has 0 aliphatic carbocycles. The van der Waals surface area contributed by atoms with Gasteiger partial charge in [-0.15, -0.1) is 24.0 Å². The summed E-state index contributed by atoms with van der Waals surface area (Å²) in [5, 5.41) is 6.04. The van der Waals surface area contributed by atoms with Gasteiger partial charge in [-0.05, 0) is 38.5 Å². The molecule has 1 aromatic heterocycles. The first-order chi connectivity index (χ1) is 14.0. The number of nitrogens with zero attached hydrogens (tertiary/aromatic N) is 2. The van der Waals surface area contributed by atoms with E-state index >= 15 is 0 Å². The highest BCUT2D eigenvalue weighted by Crippen LogP contribution is 2.15. The summed E-state index contributed by atoms with van der Waals surface area (Å²) in [6, 6.07) is 8.10. The van der Waals surface area contributed by atoms with Crippen LogP contribution in [0.15, 0.2) is 46.0 Å². The van der Waals surface area contributed by atoms with Crippen molar-refractivity contribution in [1.82, 2.24) is 15.5 Å². The van der Waals surface area contributed by atoms with Crippen LogP contribution in [0.25, 0.3) is 0 Å². The minimum Gasteiger partial charge on any atom is -0.489 e. The second-order valence-corrected chi connectivity index (χ2v) is 6.48. The molecule has 30 heavy (non-hydrogen) atoms. The Hall–Kier alpha value is -2.30. The minimum atomic E-state index is -0.373. The number of guanidine groups is 1. The lowest BCUT2D eigenvalue weighted by Crippen LogP contribution is -2.41. The first-order valence-corrected chi connectivity index (χ1v) is 9.72. The molecule has 0 unspecified atom stereocenters. The summed E-state index contributed by atoms with van der Waals surface area (Å²) in [6.07, 6.45) is 2.20. The molecule has 0 aliphatic heterocycles. The topological polar surface area (TPSA) is 79.1 Å². The van der Waals surface area contributed by atoms with E-state index < -0.39 is 0 Å². The van der Waals surface area contributed by atoms with E-state index in [1.807, 2.05) is 25.8 Å². The van der Waals surface area contributed by atoms with E-state index in [0.29, 0.717) is 38.4 Å². The van der Waals surface area contributed by atoms with E-state index in [9.17, 15) is 9.18 Å². The van der Waals surface area contributed by atoms with E-state index in [1.165, 1.54) is 12.3 Å². The van der Waals surface area contributed by atoms with Crippen molar-refractivity contribution in [1.29, 1.82) is 0 Å². The number of ether oxygens (including phenoxy) is 1. The van der Waals surface area contributed by atoms with Crippen molar-refractivity contribution in [3.05, 3.63) is 53.7 Å². The van der Waals surface area contributed by atoms with E-state index in [4.69, 9.17) is 9.15 Å². The van der Waals surface area contributed by atoms with E-state index in [-0.39, 0.29) is 41.5 Å². The zero-order chi connectivity index (χ0) is 21.1. The van der Waals surface area contributed by atoms with Crippen molar-refractivity contribution in [2.24, 2.45) is 4.99 Å². The Morgan fingerprint density at radius 3 is 2.70 bits per heavy atom. The fraction of sp³-hybridized carbons (Fsp3) is 0.429. The van der Waals surface area contributed by atoms with Crippen LogP contribution in [0.1, 0.15) is 29.5 Å². The second kappa shape index (κ2) is 13.8. The molecule has 7 nitrogen and oxygen atoms in total. The largest absolute Gasteiger partial charge is 0.489 e. The van der Waals surface area contributed by atoms with Gasteiger partial charge in [0.05, 0.1) is 12.8 Å². The molecule has 1 amide bonds. The van der Waals surface area contributed by atoms with Gasteiger partial charge < -0.3 is 24.7 Å². The summed E-state index contributed by atoms with van der Waals surface area (Å²) in [5.41, 5.74) is 0.814. The Labute approximate surface area is 194 Å². The molecule has 0 aliphatic rings. The fourth-order valence-corrected chi connectivity index (χ4v) is 2.58. The smallest absolute Gasteiger partial charge is 0.287 e. The molecule has 0 saturated carbocycles. The monoisotopic (exact) mass is 532 g/mol. The maximum Gasteiger partial charge on any atom is 0.287 e. The molecule has 1 heterocycles. The third kappa shape index (κ3) is 8.21. The number of carbonyl (C=O) groups excluding carboxylic acids is 1. The second-order valence-electron chi connectivity index (χ2n) is 6.48. The molecule has 0 radical (unpaired) electrons. The Balaban J connectivity index is 0.00000450. The molecule has 9 heteroatoms. The molecule has 0 fully saturated rings. The van der Waals surface area contributed by atoms with Crippen LogP contribution in [0.2, 0.25) is 0 Å². The molecule has 0 spiro atoms. The molecule has 0 atom stereocenters. The summed E-state index contributed by atoms with van der Waals surface area (Å²) in [7, 11) is 1.90. The predicted octanol–water partition coefficient (Wildman–Crippen LogP) is 3.44. The van der Waals surface area contributed by atoms with Gasteiger partial charge in [0.2, 0.25) is 0 Å². The van der Waals surface area contributed by atoms with Gasteiger partial charge in [-0.3, -0.25) is 9.79 Å². The maximum absolute atomic E-state index is 13.6. The zero-order valence-electron chi connectivity index (χ0n) is 17.6. The van der Waals surface area contributed by atoms with Gasteiger partial charge in [0.1, 0.15) is 6.61 Å². The SMILES string of the molecule is CCNC(=NCCCNC(=O)c1occc1C)N(C)CCOc1ccccc1F.I. The Morgan fingerprint density at radius 2 is 2.03 bits per heavy atom. The molecule has 2 aromatic rings. The fourth-order valence-electron chi connectivity index (χ4n) is 2.58. The molecule has 1 aromatic carbocycles. The highest BCUT2D eigenvalue weighted by molar-refractivity contribution is 14.0. The number of hydrogen-bond acceptors (Lipinski definition) is 4. The average molecular weight is 532 g/mol. The van der Waals surface area contributed by atoms with Crippen LogP contribution in [0.3, 0.4) is 0 Å². The maximum atomic E-state index is 13.6. The number of furan rings is 1. The Kier molecular flexibility index (Phi) is 11.9. The number of aryl methyl sites for hydroxylation is 1. The van der Waals surface area contributed by atoms with Gasteiger partial charge in [-0.1, -0.05) is 12.1 Å². The van der Waals surface area contributed by atoms with Crippen molar-refractivity contribution in [2.75, 3.05) is 39.8 Å². The molecule has 2 N–H and O–H groups in total. The summed E-state index contributed by atoms with van der Waals surface area (Å²) in [6.45, 7) is 6.49. The van der Waals surface area contributed by atoms with Gasteiger partial charge in [0.25, 0.3) is 5.91 Å². The normalized spacial score (nSPS) is 10.9. The van der Waals surface area contributed by atoms with Crippen LogP contribution >= 0.6 is 24.0 Å². The van der Waals surface area contributed by atoms with Crippen molar-refractivity contribution >= 4 is 35.8 Å². The molecule has 0 saturated heterocycles. The van der Waals surface area contributed by atoms with Crippen LogP contribution < -0.4 is 15.4 Å². The molecule has 2 rings (SSSR count). The van der Waals surface area contributed by atoms with Crippen LogP contribution in [-0.4, -0.2) is 56.6 Å². The number of carbonyl (C=O) groups is 1. The number of likely N-dealkylation sites (N-methyl/N-ethyl adjacent to an activating group) is 1.